The number of benzene rings is 2. The number of aliphatic hydroxyl groups excluding tert-OH is 1. The van der Waals surface area contributed by atoms with E-state index in [1.54, 1.807) is 12.1 Å². The van der Waals surface area contributed by atoms with Crippen molar-refractivity contribution in [1.29, 1.82) is 0 Å². The van der Waals surface area contributed by atoms with Crippen LogP contribution in [0.5, 0.6) is 5.75 Å². The molecule has 0 amide bonds. The van der Waals surface area contributed by atoms with E-state index in [1.807, 2.05) is 38.1 Å². The summed E-state index contributed by atoms with van der Waals surface area (Å²) in [5.74, 6) is 0.452. The highest BCUT2D eigenvalue weighted by atomic mass is 79.9. The summed E-state index contributed by atoms with van der Waals surface area (Å²) in [6, 6.07) is 12.1. The number of ether oxygens (including phenoxy) is 1. The molecule has 21 heavy (non-hydrogen) atoms. The molecule has 1 unspecified atom stereocenters. The standard InChI is InChI=1S/C17H18BrFO2/c1-11(2)21-14-8-6-12(7-9-14)16(20)10-13-4-3-5-15(19)17(13)18/h3-9,11,16,20H,10H2,1-2H3. The van der Waals surface area contributed by atoms with Gasteiger partial charge < -0.3 is 9.84 Å². The van der Waals surface area contributed by atoms with Gasteiger partial charge in [-0.2, -0.15) is 0 Å². The second-order valence-electron chi connectivity index (χ2n) is 5.17. The molecule has 2 aromatic carbocycles. The van der Waals surface area contributed by atoms with Crippen molar-refractivity contribution in [3.8, 4) is 5.75 Å². The first-order valence-electron chi connectivity index (χ1n) is 6.85. The minimum Gasteiger partial charge on any atom is -0.491 e. The number of rotatable bonds is 5. The minimum atomic E-state index is -0.684. The van der Waals surface area contributed by atoms with E-state index in [-0.39, 0.29) is 11.9 Å². The lowest BCUT2D eigenvalue weighted by molar-refractivity contribution is 0.178. The normalized spacial score (nSPS) is 12.5. The highest BCUT2D eigenvalue weighted by molar-refractivity contribution is 9.10. The van der Waals surface area contributed by atoms with E-state index in [0.29, 0.717) is 10.9 Å². The predicted octanol–water partition coefficient (Wildman–Crippen LogP) is 4.65. The van der Waals surface area contributed by atoms with E-state index in [2.05, 4.69) is 15.9 Å². The average molecular weight is 353 g/mol. The maximum absolute atomic E-state index is 13.5. The van der Waals surface area contributed by atoms with Gasteiger partial charge in [-0.3, -0.25) is 0 Å². The Morgan fingerprint density at radius 2 is 1.81 bits per heavy atom. The zero-order chi connectivity index (χ0) is 15.4. The highest BCUT2D eigenvalue weighted by Gasteiger charge is 2.13. The lowest BCUT2D eigenvalue weighted by Crippen LogP contribution is -2.06. The van der Waals surface area contributed by atoms with Gasteiger partial charge in [0, 0.05) is 6.42 Å². The van der Waals surface area contributed by atoms with Crippen LogP contribution in [0.4, 0.5) is 4.39 Å². The molecule has 0 fully saturated rings. The maximum atomic E-state index is 13.5. The molecule has 1 atom stereocenters. The largest absolute Gasteiger partial charge is 0.491 e. The van der Waals surface area contributed by atoms with Crippen molar-refractivity contribution in [2.45, 2.75) is 32.5 Å². The summed E-state index contributed by atoms with van der Waals surface area (Å²) in [5, 5.41) is 10.3. The minimum absolute atomic E-state index is 0.115. The third kappa shape index (κ3) is 4.29. The smallest absolute Gasteiger partial charge is 0.137 e. The summed E-state index contributed by atoms with van der Waals surface area (Å²) >= 11 is 3.21. The highest BCUT2D eigenvalue weighted by Crippen LogP contribution is 2.27. The van der Waals surface area contributed by atoms with E-state index in [1.165, 1.54) is 6.07 Å². The Morgan fingerprint density at radius 1 is 1.14 bits per heavy atom. The van der Waals surface area contributed by atoms with Gasteiger partial charge in [0.1, 0.15) is 11.6 Å². The molecule has 0 aliphatic rings. The van der Waals surface area contributed by atoms with Crippen molar-refractivity contribution < 1.29 is 14.2 Å². The topological polar surface area (TPSA) is 29.5 Å². The second-order valence-corrected chi connectivity index (χ2v) is 5.96. The van der Waals surface area contributed by atoms with E-state index in [4.69, 9.17) is 4.74 Å². The monoisotopic (exact) mass is 352 g/mol. The van der Waals surface area contributed by atoms with E-state index >= 15 is 0 Å². The molecular formula is C17H18BrFO2. The van der Waals surface area contributed by atoms with Crippen LogP contribution in [0.3, 0.4) is 0 Å². The molecule has 0 saturated carbocycles. The van der Waals surface area contributed by atoms with Crippen molar-refractivity contribution in [2.24, 2.45) is 0 Å². The molecule has 2 nitrogen and oxygen atoms in total. The van der Waals surface area contributed by atoms with Gasteiger partial charge >= 0.3 is 0 Å². The summed E-state index contributed by atoms with van der Waals surface area (Å²) < 4.78 is 19.4. The Bertz CT molecular complexity index is 596. The number of hydrogen-bond donors (Lipinski definition) is 1. The van der Waals surface area contributed by atoms with Crippen molar-refractivity contribution in [1.82, 2.24) is 0 Å². The Morgan fingerprint density at radius 3 is 2.43 bits per heavy atom. The molecule has 1 N–H and O–H groups in total. The van der Waals surface area contributed by atoms with Crippen molar-refractivity contribution in [3.63, 3.8) is 0 Å². The zero-order valence-electron chi connectivity index (χ0n) is 12.0. The Balaban J connectivity index is 2.09. The lowest BCUT2D eigenvalue weighted by Gasteiger charge is -2.14. The van der Waals surface area contributed by atoms with Crippen LogP contribution in [0, 0.1) is 5.82 Å². The Kier molecular flexibility index (Phi) is 5.37. The van der Waals surface area contributed by atoms with Crippen molar-refractivity contribution in [3.05, 3.63) is 63.9 Å². The molecule has 0 aliphatic heterocycles. The van der Waals surface area contributed by atoms with Crippen LogP contribution in [0.15, 0.2) is 46.9 Å². The molecule has 4 heteroatoms. The zero-order valence-corrected chi connectivity index (χ0v) is 13.6. The Labute approximate surface area is 132 Å². The molecule has 0 spiro atoms. The fourth-order valence-electron chi connectivity index (χ4n) is 2.07. The second kappa shape index (κ2) is 7.05. The summed E-state index contributed by atoms with van der Waals surface area (Å²) in [4.78, 5) is 0. The van der Waals surface area contributed by atoms with Crippen molar-refractivity contribution in [2.75, 3.05) is 0 Å². The molecule has 112 valence electrons. The first-order valence-corrected chi connectivity index (χ1v) is 7.64. The average Bonchev–Trinajstić information content (AvgIpc) is 2.44. The maximum Gasteiger partial charge on any atom is 0.137 e. The van der Waals surface area contributed by atoms with Crippen molar-refractivity contribution >= 4 is 15.9 Å². The Hall–Kier alpha value is -1.39. The summed E-state index contributed by atoms with van der Waals surface area (Å²) in [5.41, 5.74) is 1.52. The number of halogens is 2. The molecule has 2 rings (SSSR count). The fraction of sp³-hybridized carbons (Fsp3) is 0.294. The fourth-order valence-corrected chi connectivity index (χ4v) is 2.50. The third-order valence-electron chi connectivity index (χ3n) is 3.08. The number of hydrogen-bond acceptors (Lipinski definition) is 2. The number of aliphatic hydroxyl groups is 1. The van der Waals surface area contributed by atoms with Crippen LogP contribution in [0.1, 0.15) is 31.1 Å². The SMILES string of the molecule is CC(C)Oc1ccc(C(O)Cc2cccc(F)c2Br)cc1. The van der Waals surface area contributed by atoms with Gasteiger partial charge in [0.15, 0.2) is 0 Å². The quantitative estimate of drug-likeness (QED) is 0.848. The van der Waals surface area contributed by atoms with E-state index in [0.717, 1.165) is 16.9 Å². The van der Waals surface area contributed by atoms with E-state index in [9.17, 15) is 9.50 Å². The van der Waals surface area contributed by atoms with Crippen LogP contribution in [-0.4, -0.2) is 11.2 Å². The van der Waals surface area contributed by atoms with E-state index < -0.39 is 6.10 Å². The van der Waals surface area contributed by atoms with Crippen LogP contribution in [0.2, 0.25) is 0 Å². The molecule has 0 radical (unpaired) electrons. The van der Waals surface area contributed by atoms with Crippen LogP contribution >= 0.6 is 15.9 Å². The van der Waals surface area contributed by atoms with Gasteiger partial charge in [-0.25, -0.2) is 4.39 Å². The molecular weight excluding hydrogens is 335 g/mol. The molecule has 2 aromatic rings. The van der Waals surface area contributed by atoms with Gasteiger partial charge in [-0.1, -0.05) is 24.3 Å². The predicted molar refractivity (Wildman–Crippen MR) is 85.0 cm³/mol. The first kappa shape index (κ1) is 16.0. The van der Waals surface area contributed by atoms with Crippen LogP contribution < -0.4 is 4.74 Å². The third-order valence-corrected chi connectivity index (χ3v) is 3.97. The van der Waals surface area contributed by atoms with Gasteiger partial charge in [-0.05, 0) is 59.1 Å². The molecule has 0 heterocycles. The molecule has 0 bridgehead atoms. The molecule has 0 aliphatic carbocycles. The summed E-state index contributed by atoms with van der Waals surface area (Å²) in [7, 11) is 0. The van der Waals surface area contributed by atoms with Gasteiger partial charge in [0.25, 0.3) is 0 Å². The molecule has 0 aromatic heterocycles. The van der Waals surface area contributed by atoms with Gasteiger partial charge in [-0.15, -0.1) is 0 Å². The summed E-state index contributed by atoms with van der Waals surface area (Å²) in [6.45, 7) is 3.93. The van der Waals surface area contributed by atoms with Crippen LogP contribution in [-0.2, 0) is 6.42 Å². The van der Waals surface area contributed by atoms with Crippen LogP contribution in [0.25, 0.3) is 0 Å². The first-order chi connectivity index (χ1) is 9.97. The molecule has 0 saturated heterocycles. The van der Waals surface area contributed by atoms with Gasteiger partial charge in [0.2, 0.25) is 0 Å². The van der Waals surface area contributed by atoms with Gasteiger partial charge in [0.05, 0.1) is 16.7 Å². The lowest BCUT2D eigenvalue weighted by atomic mass is 10.0. The summed E-state index contributed by atoms with van der Waals surface area (Å²) in [6.07, 6.45) is -0.219.